The number of nitrogens with one attached hydrogen (secondary N) is 3. The molecule has 1 amide bonds. The van der Waals surface area contributed by atoms with Crippen molar-refractivity contribution in [3.05, 3.63) is 57.9 Å². The summed E-state index contributed by atoms with van der Waals surface area (Å²) in [6, 6.07) is 8.76. The van der Waals surface area contributed by atoms with Crippen molar-refractivity contribution in [2.75, 3.05) is 74.9 Å². The highest BCUT2D eigenvalue weighted by molar-refractivity contribution is 6.34. The predicted octanol–water partition coefficient (Wildman–Crippen LogP) is 3.20. The molecule has 3 N–H and O–H groups in total. The minimum Gasteiger partial charge on any atom is -0.381 e. The number of benzene rings is 2. The van der Waals surface area contributed by atoms with Crippen molar-refractivity contribution in [2.45, 2.75) is 19.3 Å². The number of halogens is 1. The molecule has 2 aromatic carbocycles. The first-order valence-electron chi connectivity index (χ1n) is 13.8. The number of piperidine rings is 1. The number of aromatic amines is 1. The van der Waals surface area contributed by atoms with Crippen LogP contribution in [0.2, 0.25) is 0 Å². The number of fused-ring (bicyclic) bond motifs is 2. The van der Waals surface area contributed by atoms with Crippen molar-refractivity contribution < 1.29 is 9.18 Å². The van der Waals surface area contributed by atoms with Gasteiger partial charge >= 0.3 is 0 Å². The highest BCUT2D eigenvalue weighted by atomic mass is 19.1. The SMILES string of the molecule is CN1CCN(c2ccc3c(c2)NC(=O)/C3=C\c2nc3cc(NCCN4CCCCC4)c(F)cc3c(=O)[nH]2)CC1. The maximum absolute atomic E-state index is 14.8. The van der Waals surface area contributed by atoms with E-state index in [0.29, 0.717) is 23.3 Å². The average Bonchev–Trinajstić information content (AvgIpc) is 3.24. The third-order valence-corrected chi connectivity index (χ3v) is 7.94. The van der Waals surface area contributed by atoms with Gasteiger partial charge in [-0.1, -0.05) is 12.5 Å². The summed E-state index contributed by atoms with van der Waals surface area (Å²) in [5.74, 6) is -0.484. The van der Waals surface area contributed by atoms with Crippen molar-refractivity contribution in [2.24, 2.45) is 0 Å². The second-order valence-electron chi connectivity index (χ2n) is 10.7. The zero-order chi connectivity index (χ0) is 26.9. The minimum absolute atomic E-state index is 0.171. The van der Waals surface area contributed by atoms with E-state index in [1.165, 1.54) is 25.3 Å². The average molecular weight is 532 g/mol. The van der Waals surface area contributed by atoms with Crippen LogP contribution in [-0.4, -0.2) is 85.1 Å². The molecule has 204 valence electrons. The van der Waals surface area contributed by atoms with Crippen LogP contribution in [0.3, 0.4) is 0 Å². The number of amides is 1. The lowest BCUT2D eigenvalue weighted by atomic mass is 10.1. The summed E-state index contributed by atoms with van der Waals surface area (Å²) in [5.41, 5.74) is 3.25. The number of likely N-dealkylation sites (N-methyl/N-ethyl adjacent to an activating group) is 1. The summed E-state index contributed by atoms with van der Waals surface area (Å²) < 4.78 is 14.8. The summed E-state index contributed by atoms with van der Waals surface area (Å²) in [5, 5.41) is 6.28. The van der Waals surface area contributed by atoms with Crippen LogP contribution in [0, 0.1) is 5.82 Å². The number of aromatic nitrogens is 2. The number of carbonyl (C=O) groups is 1. The maximum Gasteiger partial charge on any atom is 0.259 e. The van der Waals surface area contributed by atoms with E-state index >= 15 is 0 Å². The maximum atomic E-state index is 14.8. The molecule has 0 unspecified atom stereocenters. The zero-order valence-electron chi connectivity index (χ0n) is 22.2. The molecule has 39 heavy (non-hydrogen) atoms. The van der Waals surface area contributed by atoms with Gasteiger partial charge in [-0.2, -0.15) is 0 Å². The molecule has 6 rings (SSSR count). The van der Waals surface area contributed by atoms with Gasteiger partial charge in [0.25, 0.3) is 11.5 Å². The first-order chi connectivity index (χ1) is 18.9. The number of hydrogen-bond donors (Lipinski definition) is 3. The van der Waals surface area contributed by atoms with E-state index in [-0.39, 0.29) is 17.1 Å². The third kappa shape index (κ3) is 5.39. The highest BCUT2D eigenvalue weighted by Gasteiger charge is 2.26. The van der Waals surface area contributed by atoms with E-state index in [4.69, 9.17) is 0 Å². The van der Waals surface area contributed by atoms with Gasteiger partial charge in [0.2, 0.25) is 0 Å². The van der Waals surface area contributed by atoms with Gasteiger partial charge in [0.05, 0.1) is 27.9 Å². The largest absolute Gasteiger partial charge is 0.381 e. The van der Waals surface area contributed by atoms with Crippen LogP contribution in [0.4, 0.5) is 21.5 Å². The molecule has 1 aromatic heterocycles. The number of rotatable bonds is 6. The van der Waals surface area contributed by atoms with Crippen molar-refractivity contribution in [3.8, 4) is 0 Å². The molecule has 3 aliphatic rings. The van der Waals surface area contributed by atoms with Crippen molar-refractivity contribution in [1.29, 1.82) is 0 Å². The van der Waals surface area contributed by atoms with E-state index in [9.17, 15) is 14.0 Å². The van der Waals surface area contributed by atoms with Crippen LogP contribution >= 0.6 is 0 Å². The van der Waals surface area contributed by atoms with E-state index in [2.05, 4.69) is 42.3 Å². The van der Waals surface area contributed by atoms with Crippen molar-refractivity contribution in [3.63, 3.8) is 0 Å². The molecule has 10 heteroatoms. The molecule has 2 saturated heterocycles. The molecular formula is C29H34FN7O2. The Hall–Kier alpha value is -3.76. The second-order valence-corrected chi connectivity index (χ2v) is 10.7. The molecule has 4 heterocycles. The van der Waals surface area contributed by atoms with Gasteiger partial charge in [-0.15, -0.1) is 0 Å². The van der Waals surface area contributed by atoms with Crippen LogP contribution in [-0.2, 0) is 4.79 Å². The zero-order valence-corrected chi connectivity index (χ0v) is 22.2. The Bertz CT molecular complexity index is 1490. The first kappa shape index (κ1) is 25.5. The summed E-state index contributed by atoms with van der Waals surface area (Å²) in [4.78, 5) is 39.9. The lowest BCUT2D eigenvalue weighted by Crippen LogP contribution is -2.44. The van der Waals surface area contributed by atoms with Crippen molar-refractivity contribution in [1.82, 2.24) is 19.8 Å². The normalized spacial score (nSPS) is 19.5. The molecule has 0 radical (unpaired) electrons. The van der Waals surface area contributed by atoms with Gasteiger partial charge in [-0.05, 0) is 63.3 Å². The van der Waals surface area contributed by atoms with Crippen LogP contribution < -0.4 is 21.1 Å². The van der Waals surface area contributed by atoms with Crippen LogP contribution in [0.25, 0.3) is 22.6 Å². The summed E-state index contributed by atoms with van der Waals surface area (Å²) in [6.07, 6.45) is 5.27. The van der Waals surface area contributed by atoms with E-state index < -0.39 is 11.4 Å². The monoisotopic (exact) mass is 531 g/mol. The number of piperazine rings is 1. The van der Waals surface area contributed by atoms with E-state index in [1.54, 1.807) is 12.1 Å². The molecule has 0 spiro atoms. The lowest BCUT2D eigenvalue weighted by molar-refractivity contribution is -0.110. The van der Waals surface area contributed by atoms with Gasteiger partial charge < -0.3 is 30.3 Å². The minimum atomic E-state index is -0.486. The number of H-pyrrole nitrogens is 1. The molecule has 0 bridgehead atoms. The van der Waals surface area contributed by atoms with Gasteiger partial charge in [0, 0.05) is 50.5 Å². The van der Waals surface area contributed by atoms with Gasteiger partial charge in [0.1, 0.15) is 11.6 Å². The van der Waals surface area contributed by atoms with Gasteiger partial charge in [-0.3, -0.25) is 9.59 Å². The first-order valence-corrected chi connectivity index (χ1v) is 13.8. The number of carbonyl (C=O) groups excluding carboxylic acids is 1. The fourth-order valence-corrected chi connectivity index (χ4v) is 5.64. The van der Waals surface area contributed by atoms with Crippen LogP contribution in [0.15, 0.2) is 35.1 Å². The number of hydrogen-bond acceptors (Lipinski definition) is 7. The van der Waals surface area contributed by atoms with Crippen LogP contribution in [0.5, 0.6) is 0 Å². The molecule has 2 fully saturated rings. The Labute approximate surface area is 226 Å². The molecule has 3 aliphatic heterocycles. The summed E-state index contributed by atoms with van der Waals surface area (Å²) in [7, 11) is 2.12. The van der Waals surface area contributed by atoms with Gasteiger partial charge in [0.15, 0.2) is 0 Å². The van der Waals surface area contributed by atoms with Crippen molar-refractivity contribution >= 4 is 45.5 Å². The fourth-order valence-electron chi connectivity index (χ4n) is 5.64. The number of nitrogens with zero attached hydrogens (tertiary/aromatic N) is 4. The summed E-state index contributed by atoms with van der Waals surface area (Å²) >= 11 is 0. The van der Waals surface area contributed by atoms with Gasteiger partial charge in [-0.25, -0.2) is 9.37 Å². The fraction of sp³-hybridized carbons (Fsp3) is 0.414. The Balaban J connectivity index is 1.24. The molecule has 0 aliphatic carbocycles. The quantitative estimate of drug-likeness (QED) is 0.421. The Morgan fingerprint density at radius 3 is 2.62 bits per heavy atom. The van der Waals surface area contributed by atoms with E-state index in [0.717, 1.165) is 62.8 Å². The second kappa shape index (κ2) is 10.8. The Morgan fingerprint density at radius 2 is 1.82 bits per heavy atom. The standard InChI is InChI=1S/C29H34FN7O2/c1-35-11-13-37(14-12-35)19-5-6-20-21(28(38)33-24(20)15-19)17-27-32-25-18-26(23(30)16-22(25)29(39)34-27)31-7-10-36-8-3-2-4-9-36/h5-6,15-18,31H,2-4,7-14H2,1H3,(H,33,38)(H,32,34,39)/b21-17-. The molecule has 3 aromatic rings. The smallest absolute Gasteiger partial charge is 0.259 e. The van der Waals surface area contributed by atoms with Crippen LogP contribution in [0.1, 0.15) is 30.7 Å². The Kier molecular flexibility index (Phi) is 7.05. The lowest BCUT2D eigenvalue weighted by Gasteiger charge is -2.34. The molecule has 9 nitrogen and oxygen atoms in total. The summed E-state index contributed by atoms with van der Waals surface area (Å²) in [6.45, 7) is 7.45. The molecule has 0 atom stereocenters. The topological polar surface area (TPSA) is 96.6 Å². The molecular weight excluding hydrogens is 497 g/mol. The van der Waals surface area contributed by atoms with E-state index in [1.807, 2.05) is 18.2 Å². The predicted molar refractivity (Wildman–Crippen MR) is 154 cm³/mol. The number of anilines is 3. The third-order valence-electron chi connectivity index (χ3n) is 7.94. The molecule has 0 saturated carbocycles. The highest BCUT2D eigenvalue weighted by Crippen LogP contribution is 2.36. The Morgan fingerprint density at radius 1 is 1.03 bits per heavy atom. The number of likely N-dealkylation sites (tertiary alicyclic amines) is 1.